The van der Waals surface area contributed by atoms with E-state index in [0.29, 0.717) is 6.61 Å². The molecule has 0 radical (unpaired) electrons. The van der Waals surface area contributed by atoms with Gasteiger partial charge in [-0.2, -0.15) is 0 Å². The van der Waals surface area contributed by atoms with Gasteiger partial charge in [-0.1, -0.05) is 67.6 Å². The van der Waals surface area contributed by atoms with Crippen LogP contribution in [0.25, 0.3) is 0 Å². The van der Waals surface area contributed by atoms with E-state index in [1.807, 2.05) is 30.0 Å². The molecule has 1 unspecified atom stereocenters. The Morgan fingerprint density at radius 3 is 2.66 bits per heavy atom. The zero-order chi connectivity index (χ0) is 19.6. The number of rotatable bonds is 7. The Labute approximate surface area is 179 Å². The van der Waals surface area contributed by atoms with Crippen molar-refractivity contribution in [3.63, 3.8) is 0 Å². The van der Waals surface area contributed by atoms with Crippen LogP contribution in [0.4, 0.5) is 0 Å². The van der Waals surface area contributed by atoms with Crippen LogP contribution >= 0.6 is 23.5 Å². The molecule has 0 fully saturated rings. The van der Waals surface area contributed by atoms with Crippen molar-refractivity contribution in [2.75, 3.05) is 5.01 Å². The second-order valence-corrected chi connectivity index (χ2v) is 8.99. The molecule has 0 amide bonds. The van der Waals surface area contributed by atoms with E-state index in [1.165, 1.54) is 16.2 Å². The van der Waals surface area contributed by atoms with E-state index in [1.54, 1.807) is 11.8 Å². The number of hydrogen-bond acceptors (Lipinski definition) is 6. The zero-order valence-electron chi connectivity index (χ0n) is 16.2. The third-order valence-electron chi connectivity index (χ3n) is 5.00. The van der Waals surface area contributed by atoms with Crippen molar-refractivity contribution in [3.8, 4) is 5.75 Å². The standard InChI is InChI=1S/C22H22N4OS2/c1-2-3-9-19-23-24-22-25(19)26-20(29-22)15-28-21(26)17-10-12-18(13-11-17)27-14-16-7-5-4-6-8-16/h4-8,10-13,15,21H,2-3,9,14H2,1H3. The van der Waals surface area contributed by atoms with Crippen LogP contribution in [-0.4, -0.2) is 14.9 Å². The van der Waals surface area contributed by atoms with Crippen LogP contribution in [0.3, 0.4) is 0 Å². The van der Waals surface area contributed by atoms with E-state index in [9.17, 15) is 0 Å². The van der Waals surface area contributed by atoms with Gasteiger partial charge in [0.25, 0.3) is 0 Å². The molecule has 29 heavy (non-hydrogen) atoms. The smallest absolute Gasteiger partial charge is 0.216 e. The molecule has 0 saturated heterocycles. The van der Waals surface area contributed by atoms with Crippen molar-refractivity contribution in [2.24, 2.45) is 0 Å². The second-order valence-electron chi connectivity index (χ2n) is 7.05. The highest BCUT2D eigenvalue weighted by molar-refractivity contribution is 8.07. The first-order valence-electron chi connectivity index (χ1n) is 9.87. The number of ether oxygens (including phenoxy) is 1. The largest absolute Gasteiger partial charge is 0.489 e. The Balaban J connectivity index is 1.32. The lowest BCUT2D eigenvalue weighted by molar-refractivity contribution is 0.306. The van der Waals surface area contributed by atoms with E-state index in [0.717, 1.165) is 36.0 Å². The lowest BCUT2D eigenvalue weighted by Crippen LogP contribution is -2.30. The predicted molar refractivity (Wildman–Crippen MR) is 118 cm³/mol. The molecule has 3 aromatic rings. The van der Waals surface area contributed by atoms with E-state index in [-0.39, 0.29) is 5.37 Å². The molecule has 0 spiro atoms. The molecule has 0 bridgehead atoms. The maximum atomic E-state index is 5.94. The van der Waals surface area contributed by atoms with Crippen molar-refractivity contribution < 1.29 is 4.74 Å². The third-order valence-corrected chi connectivity index (χ3v) is 7.19. The average molecular weight is 423 g/mol. The van der Waals surface area contributed by atoms with Gasteiger partial charge in [-0.05, 0) is 41.4 Å². The number of fused-ring (bicyclic) bond motifs is 3. The zero-order valence-corrected chi connectivity index (χ0v) is 17.8. The van der Waals surface area contributed by atoms with Gasteiger partial charge in [0.05, 0.1) is 0 Å². The summed E-state index contributed by atoms with van der Waals surface area (Å²) in [6.45, 7) is 2.79. The van der Waals surface area contributed by atoms with Crippen LogP contribution in [0.5, 0.6) is 5.75 Å². The fraction of sp³-hybridized carbons (Fsp3) is 0.273. The molecule has 7 heteroatoms. The molecule has 1 atom stereocenters. The van der Waals surface area contributed by atoms with Crippen molar-refractivity contribution >= 4 is 23.5 Å². The number of aryl methyl sites for hydroxylation is 1. The van der Waals surface area contributed by atoms with Crippen LogP contribution in [-0.2, 0) is 13.0 Å². The van der Waals surface area contributed by atoms with Gasteiger partial charge in [0.15, 0.2) is 5.82 Å². The molecule has 5 nitrogen and oxygen atoms in total. The van der Waals surface area contributed by atoms with Gasteiger partial charge < -0.3 is 4.74 Å². The molecule has 148 valence electrons. The summed E-state index contributed by atoms with van der Waals surface area (Å²) < 4.78 is 8.15. The van der Waals surface area contributed by atoms with Crippen molar-refractivity contribution in [3.05, 3.63) is 82.0 Å². The molecular formula is C22H22N4OS2. The maximum absolute atomic E-state index is 5.94. The summed E-state index contributed by atoms with van der Waals surface area (Å²) in [7, 11) is 0. The van der Waals surface area contributed by atoms with Gasteiger partial charge in [-0.3, -0.25) is 5.01 Å². The number of hydrogen-bond donors (Lipinski definition) is 0. The molecule has 2 aliphatic rings. The van der Waals surface area contributed by atoms with Crippen LogP contribution in [0.1, 0.15) is 42.1 Å². The number of unbranched alkanes of at least 4 members (excludes halogenated alkanes) is 1. The first-order valence-corrected chi connectivity index (χ1v) is 11.6. The van der Waals surface area contributed by atoms with Gasteiger partial charge >= 0.3 is 0 Å². The topological polar surface area (TPSA) is 43.2 Å². The SMILES string of the molecule is CCCCc1nnc2n1N1C(=CSC1c1ccc(OCc3ccccc3)cc1)S2. The molecule has 0 saturated carbocycles. The summed E-state index contributed by atoms with van der Waals surface area (Å²) in [5.41, 5.74) is 2.42. The molecule has 5 rings (SSSR count). The molecular weight excluding hydrogens is 400 g/mol. The number of benzene rings is 2. The molecule has 2 aliphatic heterocycles. The molecule has 3 heterocycles. The summed E-state index contributed by atoms with van der Waals surface area (Å²) >= 11 is 3.53. The summed E-state index contributed by atoms with van der Waals surface area (Å²) in [6, 6.07) is 18.7. The quantitative estimate of drug-likeness (QED) is 0.502. The van der Waals surface area contributed by atoms with Crippen molar-refractivity contribution in [1.29, 1.82) is 0 Å². The molecule has 0 aliphatic carbocycles. The average Bonchev–Trinajstić information content (AvgIpc) is 3.44. The van der Waals surface area contributed by atoms with E-state index < -0.39 is 0 Å². The normalized spacial score (nSPS) is 17.2. The van der Waals surface area contributed by atoms with E-state index in [4.69, 9.17) is 4.74 Å². The minimum atomic E-state index is 0.193. The summed E-state index contributed by atoms with van der Waals surface area (Å²) in [5.74, 6) is 1.94. The Kier molecular flexibility index (Phi) is 5.24. The highest BCUT2D eigenvalue weighted by Crippen LogP contribution is 2.51. The van der Waals surface area contributed by atoms with Crippen LogP contribution in [0, 0.1) is 0 Å². The summed E-state index contributed by atoms with van der Waals surface area (Å²) in [4.78, 5) is 0. The van der Waals surface area contributed by atoms with Crippen LogP contribution < -0.4 is 9.75 Å². The Morgan fingerprint density at radius 2 is 1.86 bits per heavy atom. The van der Waals surface area contributed by atoms with Gasteiger partial charge in [-0.25, -0.2) is 4.68 Å². The maximum Gasteiger partial charge on any atom is 0.216 e. The highest BCUT2D eigenvalue weighted by atomic mass is 32.2. The summed E-state index contributed by atoms with van der Waals surface area (Å²) in [5, 5.41) is 15.8. The number of aromatic nitrogens is 3. The van der Waals surface area contributed by atoms with E-state index >= 15 is 0 Å². The fourth-order valence-electron chi connectivity index (χ4n) is 3.47. The van der Waals surface area contributed by atoms with E-state index in [2.05, 4.69) is 68.6 Å². The molecule has 0 N–H and O–H groups in total. The fourth-order valence-corrected chi connectivity index (χ4v) is 5.72. The van der Waals surface area contributed by atoms with Crippen molar-refractivity contribution in [1.82, 2.24) is 14.9 Å². The minimum Gasteiger partial charge on any atom is -0.489 e. The monoisotopic (exact) mass is 422 g/mol. The van der Waals surface area contributed by atoms with Gasteiger partial charge in [0.1, 0.15) is 22.8 Å². The Bertz CT molecular complexity index is 1020. The Hall–Kier alpha value is -2.38. The van der Waals surface area contributed by atoms with Gasteiger partial charge in [-0.15, -0.1) is 10.2 Å². The minimum absolute atomic E-state index is 0.193. The molecule has 2 aromatic carbocycles. The Morgan fingerprint density at radius 1 is 1.03 bits per heavy atom. The van der Waals surface area contributed by atoms with Crippen molar-refractivity contribution in [2.45, 2.75) is 43.3 Å². The number of nitrogens with zero attached hydrogens (tertiary/aromatic N) is 4. The highest BCUT2D eigenvalue weighted by Gasteiger charge is 2.39. The predicted octanol–water partition coefficient (Wildman–Crippen LogP) is 5.49. The number of thioether (sulfide) groups is 2. The first kappa shape index (κ1) is 18.6. The van der Waals surface area contributed by atoms with Crippen LogP contribution in [0.15, 0.2) is 70.2 Å². The van der Waals surface area contributed by atoms with Gasteiger partial charge in [0.2, 0.25) is 5.16 Å². The summed E-state index contributed by atoms with van der Waals surface area (Å²) in [6.07, 6.45) is 3.24. The van der Waals surface area contributed by atoms with Crippen LogP contribution in [0.2, 0.25) is 0 Å². The lowest BCUT2D eigenvalue weighted by atomic mass is 10.2. The second kappa shape index (κ2) is 8.16. The molecule has 1 aromatic heterocycles. The lowest BCUT2D eigenvalue weighted by Gasteiger charge is -2.26. The third kappa shape index (κ3) is 3.65. The van der Waals surface area contributed by atoms with Gasteiger partial charge in [0, 0.05) is 11.8 Å². The first-order chi connectivity index (χ1) is 14.3.